The molecule has 1 rings (SSSR count). The molecule has 1 heterocycles. The Morgan fingerprint density at radius 1 is 1.64 bits per heavy atom. The minimum absolute atomic E-state index is 0.396. The summed E-state index contributed by atoms with van der Waals surface area (Å²) in [6.07, 6.45) is 0. The van der Waals surface area contributed by atoms with Crippen molar-refractivity contribution in [3.63, 3.8) is 0 Å². The van der Waals surface area contributed by atoms with Crippen LogP contribution < -0.4 is 4.74 Å². The summed E-state index contributed by atoms with van der Waals surface area (Å²) >= 11 is 0. The van der Waals surface area contributed by atoms with Gasteiger partial charge in [0.1, 0.15) is 11.6 Å². The number of rotatable bonds is 1. The molecular formula is C7H9N3O. The Labute approximate surface area is 65.0 Å². The van der Waals surface area contributed by atoms with Crippen molar-refractivity contribution in [2.45, 2.75) is 6.92 Å². The molecule has 0 saturated heterocycles. The molecule has 0 aromatic carbocycles. The van der Waals surface area contributed by atoms with Gasteiger partial charge in [0.2, 0.25) is 0 Å². The van der Waals surface area contributed by atoms with E-state index in [9.17, 15) is 0 Å². The van der Waals surface area contributed by atoms with Crippen LogP contribution in [0.3, 0.4) is 0 Å². The number of methoxy groups -OCH3 is 1. The Hall–Kier alpha value is -1.50. The van der Waals surface area contributed by atoms with Gasteiger partial charge in [0.05, 0.1) is 12.8 Å². The second-order valence-electron chi connectivity index (χ2n) is 2.21. The maximum absolute atomic E-state index is 8.66. The number of hydrogen-bond donors (Lipinski definition) is 0. The second kappa shape index (κ2) is 2.62. The van der Waals surface area contributed by atoms with E-state index in [1.54, 1.807) is 11.7 Å². The van der Waals surface area contributed by atoms with Crippen LogP contribution in [0.4, 0.5) is 0 Å². The predicted molar refractivity (Wildman–Crippen MR) is 39.2 cm³/mol. The van der Waals surface area contributed by atoms with E-state index < -0.39 is 0 Å². The van der Waals surface area contributed by atoms with Gasteiger partial charge in [-0.25, -0.2) is 0 Å². The van der Waals surface area contributed by atoms with Crippen LogP contribution in [0, 0.1) is 18.3 Å². The first-order valence-corrected chi connectivity index (χ1v) is 3.18. The molecule has 1 aromatic heterocycles. The molecule has 0 unspecified atom stereocenters. The van der Waals surface area contributed by atoms with Crippen LogP contribution in [0.1, 0.15) is 11.3 Å². The van der Waals surface area contributed by atoms with E-state index in [0.29, 0.717) is 11.4 Å². The highest BCUT2D eigenvalue weighted by atomic mass is 16.5. The average Bonchev–Trinajstić information content (AvgIpc) is 2.28. The van der Waals surface area contributed by atoms with Crippen molar-refractivity contribution < 1.29 is 4.74 Å². The van der Waals surface area contributed by atoms with Gasteiger partial charge in [0.15, 0.2) is 0 Å². The van der Waals surface area contributed by atoms with Crippen molar-refractivity contribution in [2.24, 2.45) is 7.05 Å². The van der Waals surface area contributed by atoms with Gasteiger partial charge < -0.3 is 4.74 Å². The SMILES string of the molecule is COc1nn(C)c(C)c1C#N. The number of hydrogen-bond acceptors (Lipinski definition) is 3. The Kier molecular flexibility index (Phi) is 1.81. The Balaban J connectivity index is 3.29. The molecule has 0 amide bonds. The zero-order valence-electron chi connectivity index (χ0n) is 6.75. The fraction of sp³-hybridized carbons (Fsp3) is 0.429. The van der Waals surface area contributed by atoms with Gasteiger partial charge in [0.25, 0.3) is 5.88 Å². The molecule has 0 spiro atoms. The molecule has 1 aromatic rings. The molecule has 0 N–H and O–H groups in total. The number of ether oxygens (including phenoxy) is 1. The first-order valence-electron chi connectivity index (χ1n) is 3.18. The zero-order chi connectivity index (χ0) is 8.43. The molecule has 58 valence electrons. The lowest BCUT2D eigenvalue weighted by molar-refractivity contribution is 0.391. The molecule has 0 fully saturated rings. The van der Waals surface area contributed by atoms with Crippen molar-refractivity contribution >= 4 is 0 Å². The quantitative estimate of drug-likeness (QED) is 0.590. The maximum Gasteiger partial charge on any atom is 0.250 e. The fourth-order valence-electron chi connectivity index (χ4n) is 0.849. The molecule has 0 aliphatic heterocycles. The van der Waals surface area contributed by atoms with Gasteiger partial charge in [-0.3, -0.25) is 4.68 Å². The smallest absolute Gasteiger partial charge is 0.250 e. The molecule has 4 heteroatoms. The summed E-state index contributed by atoms with van der Waals surface area (Å²) in [6.45, 7) is 1.83. The number of nitriles is 1. The molecule has 0 radical (unpaired) electrons. The highest BCUT2D eigenvalue weighted by Crippen LogP contribution is 2.17. The van der Waals surface area contributed by atoms with Crippen molar-refractivity contribution in [1.29, 1.82) is 5.26 Å². The third-order valence-electron chi connectivity index (χ3n) is 1.61. The number of aromatic nitrogens is 2. The van der Waals surface area contributed by atoms with Crippen molar-refractivity contribution in [2.75, 3.05) is 7.11 Å². The zero-order valence-corrected chi connectivity index (χ0v) is 6.75. The third-order valence-corrected chi connectivity index (χ3v) is 1.61. The molecule has 0 bridgehead atoms. The Morgan fingerprint density at radius 3 is 2.64 bits per heavy atom. The van der Waals surface area contributed by atoms with E-state index in [4.69, 9.17) is 10.00 Å². The largest absolute Gasteiger partial charge is 0.479 e. The van der Waals surface area contributed by atoms with Crippen LogP contribution >= 0.6 is 0 Å². The highest BCUT2D eigenvalue weighted by Gasteiger charge is 2.11. The van der Waals surface area contributed by atoms with E-state index in [1.165, 1.54) is 7.11 Å². The van der Waals surface area contributed by atoms with Crippen LogP contribution in [-0.2, 0) is 7.05 Å². The van der Waals surface area contributed by atoms with E-state index in [-0.39, 0.29) is 0 Å². The molecule has 0 atom stereocenters. The summed E-state index contributed by atoms with van der Waals surface area (Å²) in [7, 11) is 3.28. The normalized spacial score (nSPS) is 9.27. The van der Waals surface area contributed by atoms with E-state index in [1.807, 2.05) is 13.0 Å². The minimum Gasteiger partial charge on any atom is -0.479 e. The average molecular weight is 151 g/mol. The summed E-state index contributed by atoms with van der Waals surface area (Å²) in [6, 6.07) is 2.03. The summed E-state index contributed by atoms with van der Waals surface area (Å²) < 4.78 is 6.51. The predicted octanol–water partition coefficient (Wildman–Crippen LogP) is 0.609. The summed E-state index contributed by atoms with van der Waals surface area (Å²) in [5.74, 6) is 0.396. The fourth-order valence-corrected chi connectivity index (χ4v) is 0.849. The van der Waals surface area contributed by atoms with Gasteiger partial charge in [-0.15, -0.1) is 5.10 Å². The second-order valence-corrected chi connectivity index (χ2v) is 2.21. The number of nitrogens with zero attached hydrogens (tertiary/aromatic N) is 3. The van der Waals surface area contributed by atoms with Crippen molar-refractivity contribution in [1.82, 2.24) is 9.78 Å². The third kappa shape index (κ3) is 1.05. The first kappa shape index (κ1) is 7.61. The molecule has 4 nitrogen and oxygen atoms in total. The van der Waals surface area contributed by atoms with Crippen molar-refractivity contribution in [3.8, 4) is 11.9 Å². The van der Waals surface area contributed by atoms with E-state index in [2.05, 4.69) is 5.10 Å². The lowest BCUT2D eigenvalue weighted by atomic mass is 10.3. The first-order chi connectivity index (χ1) is 5.20. The minimum atomic E-state index is 0.396. The maximum atomic E-state index is 8.66. The van der Waals surface area contributed by atoms with Gasteiger partial charge in [0, 0.05) is 7.05 Å². The molecule has 0 aliphatic carbocycles. The highest BCUT2D eigenvalue weighted by molar-refractivity contribution is 5.41. The topological polar surface area (TPSA) is 50.8 Å². The van der Waals surface area contributed by atoms with Crippen LogP contribution in [0.25, 0.3) is 0 Å². The van der Waals surface area contributed by atoms with Crippen LogP contribution in [0.2, 0.25) is 0 Å². The Bertz CT molecular complexity index is 308. The number of aryl methyl sites for hydroxylation is 1. The van der Waals surface area contributed by atoms with Gasteiger partial charge in [-0.1, -0.05) is 0 Å². The van der Waals surface area contributed by atoms with Crippen LogP contribution in [-0.4, -0.2) is 16.9 Å². The summed E-state index contributed by atoms with van der Waals surface area (Å²) in [4.78, 5) is 0. The molecular weight excluding hydrogens is 142 g/mol. The van der Waals surface area contributed by atoms with E-state index in [0.717, 1.165) is 5.69 Å². The van der Waals surface area contributed by atoms with Gasteiger partial charge in [-0.2, -0.15) is 5.26 Å². The molecule has 0 saturated carbocycles. The van der Waals surface area contributed by atoms with Gasteiger partial charge >= 0.3 is 0 Å². The Morgan fingerprint density at radius 2 is 2.27 bits per heavy atom. The van der Waals surface area contributed by atoms with Gasteiger partial charge in [-0.05, 0) is 6.92 Å². The van der Waals surface area contributed by atoms with E-state index >= 15 is 0 Å². The summed E-state index contributed by atoms with van der Waals surface area (Å²) in [5.41, 5.74) is 1.33. The summed E-state index contributed by atoms with van der Waals surface area (Å²) in [5, 5.41) is 12.6. The van der Waals surface area contributed by atoms with Crippen molar-refractivity contribution in [3.05, 3.63) is 11.3 Å². The van der Waals surface area contributed by atoms with Crippen LogP contribution in [0.15, 0.2) is 0 Å². The standard InChI is InChI=1S/C7H9N3O/c1-5-6(4-8)7(11-3)9-10(5)2/h1-3H3. The monoisotopic (exact) mass is 151 g/mol. The molecule has 11 heavy (non-hydrogen) atoms. The lowest BCUT2D eigenvalue weighted by Gasteiger charge is -1.89. The molecule has 0 aliphatic rings. The van der Waals surface area contributed by atoms with Crippen LogP contribution in [0.5, 0.6) is 5.88 Å². The lowest BCUT2D eigenvalue weighted by Crippen LogP contribution is -1.92.